The summed E-state index contributed by atoms with van der Waals surface area (Å²) in [4.78, 5) is 35.7. The van der Waals surface area contributed by atoms with Gasteiger partial charge in [-0.15, -0.1) is 11.3 Å². The van der Waals surface area contributed by atoms with Crippen molar-refractivity contribution in [2.24, 2.45) is 0 Å². The minimum absolute atomic E-state index is 0.0282. The monoisotopic (exact) mass is 497 g/mol. The van der Waals surface area contributed by atoms with Crippen LogP contribution in [0.4, 0.5) is 0 Å². The first-order chi connectivity index (χ1) is 16.3. The van der Waals surface area contributed by atoms with Gasteiger partial charge in [0.25, 0.3) is 0 Å². The van der Waals surface area contributed by atoms with Crippen molar-refractivity contribution < 1.29 is 19.5 Å². The van der Waals surface area contributed by atoms with Crippen LogP contribution in [0.15, 0.2) is 66.0 Å². The molecular weight excluding hydrogens is 470 g/mol. The summed E-state index contributed by atoms with van der Waals surface area (Å²) in [5.74, 6) is -1.20. The molecule has 0 aliphatic heterocycles. The first kappa shape index (κ1) is 25.8. The summed E-state index contributed by atoms with van der Waals surface area (Å²) in [7, 11) is 1.84. The average molecular weight is 498 g/mol. The Morgan fingerprint density at radius 3 is 2.32 bits per heavy atom. The lowest BCUT2D eigenvalue weighted by atomic mass is 9.75. The fourth-order valence-electron chi connectivity index (χ4n) is 4.14. The Morgan fingerprint density at radius 2 is 1.76 bits per heavy atom. The van der Waals surface area contributed by atoms with Gasteiger partial charge in [-0.05, 0) is 55.5 Å². The number of thiophene rings is 1. The van der Waals surface area contributed by atoms with Gasteiger partial charge in [-0.3, -0.25) is 14.4 Å². The molecule has 2 aromatic carbocycles. The van der Waals surface area contributed by atoms with Crippen molar-refractivity contribution >= 4 is 40.5 Å². The maximum Gasteiger partial charge on any atom is 0.310 e. The summed E-state index contributed by atoms with van der Waals surface area (Å²) in [6, 6.07) is 18.0. The van der Waals surface area contributed by atoms with Crippen LogP contribution in [-0.2, 0) is 15.1 Å². The fraction of sp³-hybridized carbons (Fsp3) is 0.296. The van der Waals surface area contributed by atoms with Crippen molar-refractivity contribution in [2.45, 2.75) is 44.1 Å². The number of ketones is 2. The maximum absolute atomic E-state index is 12.2. The predicted octanol–water partition coefficient (Wildman–Crippen LogP) is 6.07. The van der Waals surface area contributed by atoms with Crippen molar-refractivity contribution in [3.05, 3.63) is 92.6 Å². The number of hydrogen-bond donors (Lipinski definition) is 2. The molecule has 7 heteroatoms. The fourth-order valence-corrected chi connectivity index (χ4v) is 5.12. The van der Waals surface area contributed by atoms with Gasteiger partial charge in [0.05, 0.1) is 10.8 Å². The summed E-state index contributed by atoms with van der Waals surface area (Å²) in [5, 5.41) is 14.6. The Morgan fingerprint density at radius 1 is 1.06 bits per heavy atom. The van der Waals surface area contributed by atoms with E-state index in [1.165, 1.54) is 11.3 Å². The van der Waals surface area contributed by atoms with E-state index >= 15 is 0 Å². The number of likely N-dealkylation sites (N-methyl/N-ethyl adjacent to an activating group) is 1. The van der Waals surface area contributed by atoms with Gasteiger partial charge in [-0.2, -0.15) is 0 Å². The zero-order chi connectivity index (χ0) is 24.7. The van der Waals surface area contributed by atoms with E-state index in [-0.39, 0.29) is 11.6 Å². The van der Waals surface area contributed by atoms with Crippen LogP contribution < -0.4 is 5.32 Å². The second kappa shape index (κ2) is 11.6. The normalized spacial score (nSPS) is 18.5. The topological polar surface area (TPSA) is 83.5 Å². The number of carboxylic acid groups (broad SMARTS) is 1. The quantitative estimate of drug-likeness (QED) is 0.404. The summed E-state index contributed by atoms with van der Waals surface area (Å²) in [6.07, 6.45) is 3.54. The molecule has 2 atom stereocenters. The van der Waals surface area contributed by atoms with E-state index < -0.39 is 17.4 Å². The summed E-state index contributed by atoms with van der Waals surface area (Å²) >= 11 is 7.60. The Kier molecular flexibility index (Phi) is 8.78. The number of carbonyl (C=O) groups excluding carboxylic acids is 2. The largest absolute Gasteiger partial charge is 0.481 e. The molecule has 0 saturated heterocycles. The van der Waals surface area contributed by atoms with Crippen molar-refractivity contribution in [1.29, 1.82) is 0 Å². The smallest absolute Gasteiger partial charge is 0.310 e. The first-order valence-corrected chi connectivity index (χ1v) is 12.4. The SMILES string of the molecule is CC(C(=O)O)c1ccc(C(=O)c2cccs2)cc1.CNC1(c2ccccc2Cl)CCCCC1=O. The van der Waals surface area contributed by atoms with Gasteiger partial charge in [-0.1, -0.05) is 66.6 Å². The van der Waals surface area contributed by atoms with Crippen LogP contribution in [-0.4, -0.2) is 29.7 Å². The van der Waals surface area contributed by atoms with Crippen LogP contribution >= 0.6 is 22.9 Å². The highest BCUT2D eigenvalue weighted by molar-refractivity contribution is 7.12. The number of aliphatic carboxylic acids is 1. The van der Waals surface area contributed by atoms with Crippen LogP contribution in [0.5, 0.6) is 0 Å². The summed E-state index contributed by atoms with van der Waals surface area (Å²) in [5.41, 5.74) is 1.64. The first-order valence-electron chi connectivity index (χ1n) is 11.2. The van der Waals surface area contributed by atoms with Gasteiger partial charge in [0.2, 0.25) is 5.78 Å². The van der Waals surface area contributed by atoms with Crippen LogP contribution in [0.25, 0.3) is 0 Å². The second-order valence-electron chi connectivity index (χ2n) is 8.25. The van der Waals surface area contributed by atoms with Gasteiger partial charge in [0.15, 0.2) is 5.78 Å². The molecule has 4 rings (SSSR count). The lowest BCUT2D eigenvalue weighted by Gasteiger charge is -2.36. The number of nitrogens with one attached hydrogen (secondary N) is 1. The van der Waals surface area contributed by atoms with Gasteiger partial charge >= 0.3 is 5.97 Å². The Hall–Kier alpha value is -2.80. The van der Waals surface area contributed by atoms with Crippen molar-refractivity contribution in [1.82, 2.24) is 5.32 Å². The molecule has 178 valence electrons. The molecule has 2 unspecified atom stereocenters. The Bertz CT molecular complexity index is 1140. The number of Topliss-reactive ketones (excluding diaryl/α,β-unsaturated/α-hetero) is 1. The summed E-state index contributed by atoms with van der Waals surface area (Å²) < 4.78 is 0. The molecule has 1 saturated carbocycles. The molecular formula is C27H28ClNO4S. The molecule has 0 spiro atoms. The molecule has 34 heavy (non-hydrogen) atoms. The second-order valence-corrected chi connectivity index (χ2v) is 9.61. The predicted molar refractivity (Wildman–Crippen MR) is 136 cm³/mol. The third-order valence-electron chi connectivity index (χ3n) is 6.23. The maximum atomic E-state index is 12.2. The van der Waals surface area contributed by atoms with Crippen LogP contribution in [0, 0.1) is 0 Å². The minimum atomic E-state index is -0.868. The average Bonchev–Trinajstić information content (AvgIpc) is 3.40. The van der Waals surface area contributed by atoms with E-state index in [0.717, 1.165) is 24.8 Å². The van der Waals surface area contributed by atoms with Crippen LogP contribution in [0.3, 0.4) is 0 Å². The molecule has 1 aliphatic rings. The van der Waals surface area contributed by atoms with E-state index in [1.54, 1.807) is 37.3 Å². The van der Waals surface area contributed by atoms with E-state index in [0.29, 0.717) is 27.4 Å². The number of halogens is 1. The van der Waals surface area contributed by atoms with E-state index in [4.69, 9.17) is 16.7 Å². The lowest BCUT2D eigenvalue weighted by Crippen LogP contribution is -2.49. The molecule has 0 amide bonds. The molecule has 0 radical (unpaired) electrons. The van der Waals surface area contributed by atoms with Crippen molar-refractivity contribution in [3.8, 4) is 0 Å². The van der Waals surface area contributed by atoms with Crippen LogP contribution in [0.2, 0.25) is 5.02 Å². The zero-order valence-corrected chi connectivity index (χ0v) is 20.8. The van der Waals surface area contributed by atoms with E-state index in [9.17, 15) is 14.4 Å². The summed E-state index contributed by atoms with van der Waals surface area (Å²) in [6.45, 7) is 1.62. The standard InChI is InChI=1S/C14H12O3S.C13H16ClNO/c1-9(14(16)17)10-4-6-11(7-5-10)13(15)12-3-2-8-18-12;1-15-13(9-5-4-8-12(13)16)10-6-2-3-7-11(10)14/h2-9H,1H3,(H,16,17);2-3,6-7,15H,4-5,8-9H2,1H3. The Labute approximate surface area is 208 Å². The molecule has 5 nitrogen and oxygen atoms in total. The number of carbonyl (C=O) groups is 3. The Balaban J connectivity index is 0.000000192. The molecule has 1 heterocycles. The van der Waals surface area contributed by atoms with Crippen molar-refractivity contribution in [2.75, 3.05) is 7.05 Å². The third-order valence-corrected chi connectivity index (χ3v) is 7.43. The van der Waals surface area contributed by atoms with Crippen molar-refractivity contribution in [3.63, 3.8) is 0 Å². The zero-order valence-electron chi connectivity index (χ0n) is 19.2. The number of rotatable bonds is 6. The van der Waals surface area contributed by atoms with Gasteiger partial charge < -0.3 is 10.4 Å². The number of benzene rings is 2. The lowest BCUT2D eigenvalue weighted by molar-refractivity contribution is -0.138. The highest BCUT2D eigenvalue weighted by Gasteiger charge is 2.41. The molecule has 1 aromatic heterocycles. The number of hydrogen-bond acceptors (Lipinski definition) is 5. The molecule has 1 aliphatic carbocycles. The molecule has 3 aromatic rings. The highest BCUT2D eigenvalue weighted by atomic mass is 35.5. The van der Waals surface area contributed by atoms with Crippen LogP contribution in [0.1, 0.15) is 64.9 Å². The third kappa shape index (κ3) is 5.63. The molecule has 0 bridgehead atoms. The van der Waals surface area contributed by atoms with E-state index in [2.05, 4.69) is 5.32 Å². The van der Waals surface area contributed by atoms with Gasteiger partial charge in [-0.25, -0.2) is 0 Å². The minimum Gasteiger partial charge on any atom is -0.481 e. The highest BCUT2D eigenvalue weighted by Crippen LogP contribution is 2.37. The van der Waals surface area contributed by atoms with Gasteiger partial charge in [0.1, 0.15) is 5.54 Å². The van der Waals surface area contributed by atoms with Gasteiger partial charge in [0, 0.05) is 17.0 Å². The number of carboxylic acids is 1. The van der Waals surface area contributed by atoms with E-state index in [1.807, 2.05) is 42.8 Å². The molecule has 1 fully saturated rings. The molecule has 2 N–H and O–H groups in total.